The van der Waals surface area contributed by atoms with Crippen LogP contribution >= 0.6 is 15.9 Å². The van der Waals surface area contributed by atoms with E-state index < -0.39 is 0 Å². The number of nitrogens with one attached hydrogen (secondary N) is 1. The Morgan fingerprint density at radius 2 is 1.88 bits per heavy atom. The monoisotopic (exact) mass is 402 g/mol. The number of likely N-dealkylation sites (tertiary alicyclic amines) is 1. The average Bonchev–Trinajstić information content (AvgIpc) is 3.08. The van der Waals surface area contributed by atoms with Gasteiger partial charge in [-0.2, -0.15) is 0 Å². The molecule has 0 radical (unpaired) electrons. The predicted octanol–water partition coefficient (Wildman–Crippen LogP) is 4.39. The Hall–Kier alpha value is -1.82. The quantitative estimate of drug-likeness (QED) is 0.809. The van der Waals surface area contributed by atoms with Gasteiger partial charge in [0.15, 0.2) is 0 Å². The van der Waals surface area contributed by atoms with Gasteiger partial charge in [-0.25, -0.2) is 9.78 Å². The highest BCUT2D eigenvalue weighted by Crippen LogP contribution is 2.30. The number of rotatable bonds is 2. The fraction of sp³-hybridized carbons (Fsp3) is 0.474. The standard InChI is InChI=1S/C19H23BrN4O/c20-15-4-6-16(7-5-15)22-19(25)23-11-8-14(9-12-23)18-21-13-17-3-1-2-10-24(17)18/h4-7,13-14H,1-3,8-12H2,(H,22,25). The van der Waals surface area contributed by atoms with Crippen molar-refractivity contribution in [1.29, 1.82) is 0 Å². The van der Waals surface area contributed by atoms with Gasteiger partial charge >= 0.3 is 6.03 Å². The molecule has 6 heteroatoms. The van der Waals surface area contributed by atoms with Crippen molar-refractivity contribution in [2.45, 2.75) is 44.6 Å². The van der Waals surface area contributed by atoms with Crippen LogP contribution in [0.5, 0.6) is 0 Å². The third kappa shape index (κ3) is 3.59. The molecule has 1 fully saturated rings. The average molecular weight is 403 g/mol. The molecule has 5 nitrogen and oxygen atoms in total. The van der Waals surface area contributed by atoms with Crippen molar-refractivity contribution >= 4 is 27.6 Å². The first-order valence-corrected chi connectivity index (χ1v) is 9.86. The molecule has 3 heterocycles. The second-order valence-electron chi connectivity index (χ2n) is 6.91. The molecule has 0 aliphatic carbocycles. The maximum atomic E-state index is 12.5. The Kier molecular flexibility index (Phi) is 4.79. The summed E-state index contributed by atoms with van der Waals surface area (Å²) in [5, 5.41) is 2.98. The number of urea groups is 1. The highest BCUT2D eigenvalue weighted by Gasteiger charge is 2.28. The predicted molar refractivity (Wildman–Crippen MR) is 102 cm³/mol. The number of benzene rings is 1. The largest absolute Gasteiger partial charge is 0.332 e. The molecular weight excluding hydrogens is 380 g/mol. The number of aryl methyl sites for hydroxylation is 1. The Morgan fingerprint density at radius 1 is 1.12 bits per heavy atom. The second kappa shape index (κ2) is 7.20. The number of carbonyl (C=O) groups is 1. The summed E-state index contributed by atoms with van der Waals surface area (Å²) in [6.45, 7) is 2.68. The number of imidazole rings is 1. The number of piperidine rings is 1. The summed E-state index contributed by atoms with van der Waals surface area (Å²) < 4.78 is 3.43. The van der Waals surface area contributed by atoms with Crippen LogP contribution in [0.3, 0.4) is 0 Å². The van der Waals surface area contributed by atoms with Crippen LogP contribution in [0.25, 0.3) is 0 Å². The number of aromatic nitrogens is 2. The molecule has 4 rings (SSSR count). The number of anilines is 1. The Bertz CT molecular complexity index is 747. The number of fused-ring (bicyclic) bond motifs is 1. The molecule has 2 aliphatic rings. The number of amides is 2. The molecule has 2 aromatic rings. The smallest absolute Gasteiger partial charge is 0.321 e. The zero-order valence-electron chi connectivity index (χ0n) is 14.2. The Labute approximate surface area is 156 Å². The maximum absolute atomic E-state index is 12.5. The van der Waals surface area contributed by atoms with Crippen LogP contribution in [0.1, 0.15) is 43.1 Å². The summed E-state index contributed by atoms with van der Waals surface area (Å²) in [4.78, 5) is 19.1. The molecule has 0 saturated carbocycles. The van der Waals surface area contributed by atoms with E-state index in [9.17, 15) is 4.79 Å². The van der Waals surface area contributed by atoms with E-state index in [1.54, 1.807) is 0 Å². The molecule has 25 heavy (non-hydrogen) atoms. The first kappa shape index (κ1) is 16.6. The van der Waals surface area contributed by atoms with Crippen LogP contribution in [-0.4, -0.2) is 33.6 Å². The van der Waals surface area contributed by atoms with E-state index in [-0.39, 0.29) is 6.03 Å². The third-order valence-corrected chi connectivity index (χ3v) is 5.81. The number of hydrogen-bond acceptors (Lipinski definition) is 2. The van der Waals surface area contributed by atoms with Gasteiger partial charge in [0.2, 0.25) is 0 Å². The van der Waals surface area contributed by atoms with E-state index >= 15 is 0 Å². The van der Waals surface area contributed by atoms with E-state index in [4.69, 9.17) is 4.98 Å². The Morgan fingerprint density at radius 3 is 2.64 bits per heavy atom. The number of nitrogens with zero attached hydrogens (tertiary/aromatic N) is 3. The van der Waals surface area contributed by atoms with Crippen molar-refractivity contribution in [2.75, 3.05) is 18.4 Å². The highest BCUT2D eigenvalue weighted by molar-refractivity contribution is 9.10. The minimum absolute atomic E-state index is 0.00841. The highest BCUT2D eigenvalue weighted by atomic mass is 79.9. The lowest BCUT2D eigenvalue weighted by Gasteiger charge is -2.32. The molecule has 1 aromatic carbocycles. The molecule has 0 unspecified atom stereocenters. The van der Waals surface area contributed by atoms with E-state index in [1.165, 1.54) is 24.4 Å². The summed E-state index contributed by atoms with van der Waals surface area (Å²) in [5.41, 5.74) is 2.22. The van der Waals surface area contributed by atoms with Crippen molar-refractivity contribution in [1.82, 2.24) is 14.5 Å². The van der Waals surface area contributed by atoms with Gasteiger partial charge in [0.1, 0.15) is 5.82 Å². The molecule has 0 atom stereocenters. The maximum Gasteiger partial charge on any atom is 0.321 e. The molecule has 1 aromatic heterocycles. The zero-order valence-corrected chi connectivity index (χ0v) is 15.8. The van der Waals surface area contributed by atoms with Crippen molar-refractivity contribution in [3.63, 3.8) is 0 Å². The zero-order chi connectivity index (χ0) is 17.2. The van der Waals surface area contributed by atoms with Crippen molar-refractivity contribution in [3.05, 3.63) is 46.5 Å². The van der Waals surface area contributed by atoms with Gasteiger partial charge in [-0.15, -0.1) is 0 Å². The van der Waals surface area contributed by atoms with Crippen molar-refractivity contribution < 1.29 is 4.79 Å². The molecule has 1 saturated heterocycles. The lowest BCUT2D eigenvalue weighted by molar-refractivity contribution is 0.192. The van der Waals surface area contributed by atoms with E-state index in [2.05, 4.69) is 32.0 Å². The first-order chi connectivity index (χ1) is 12.2. The third-order valence-electron chi connectivity index (χ3n) is 5.28. The van der Waals surface area contributed by atoms with Crippen molar-refractivity contribution in [2.24, 2.45) is 0 Å². The number of hydrogen-bond donors (Lipinski definition) is 1. The Balaban J connectivity index is 1.35. The SMILES string of the molecule is O=C(Nc1ccc(Br)cc1)N1CCC(c2ncc3n2CCCC3)CC1. The molecule has 0 bridgehead atoms. The fourth-order valence-electron chi connectivity index (χ4n) is 3.86. The summed E-state index contributed by atoms with van der Waals surface area (Å²) in [6.07, 6.45) is 7.72. The van der Waals surface area contributed by atoms with Gasteiger partial charge in [0.25, 0.3) is 0 Å². The van der Waals surface area contributed by atoms with Gasteiger partial charge in [-0.1, -0.05) is 15.9 Å². The van der Waals surface area contributed by atoms with Crippen LogP contribution in [0, 0.1) is 0 Å². The minimum atomic E-state index is -0.00841. The van der Waals surface area contributed by atoms with E-state index in [0.29, 0.717) is 5.92 Å². The van der Waals surface area contributed by atoms with Gasteiger partial charge in [-0.3, -0.25) is 0 Å². The van der Waals surface area contributed by atoms with Crippen LogP contribution < -0.4 is 5.32 Å². The van der Waals surface area contributed by atoms with E-state index in [1.807, 2.05) is 29.2 Å². The van der Waals surface area contributed by atoms with Gasteiger partial charge in [0, 0.05) is 47.6 Å². The van der Waals surface area contributed by atoms with Crippen LogP contribution in [0.4, 0.5) is 10.5 Å². The van der Waals surface area contributed by atoms with Crippen LogP contribution in [0.2, 0.25) is 0 Å². The van der Waals surface area contributed by atoms with Crippen LogP contribution in [-0.2, 0) is 13.0 Å². The second-order valence-corrected chi connectivity index (χ2v) is 7.83. The fourth-order valence-corrected chi connectivity index (χ4v) is 4.13. The lowest BCUT2D eigenvalue weighted by Crippen LogP contribution is -2.41. The van der Waals surface area contributed by atoms with Gasteiger partial charge < -0.3 is 14.8 Å². The molecule has 132 valence electrons. The molecular formula is C19H23BrN4O. The molecule has 2 amide bonds. The lowest BCUT2D eigenvalue weighted by atomic mass is 9.95. The summed E-state index contributed by atoms with van der Waals surface area (Å²) in [5.74, 6) is 1.71. The first-order valence-electron chi connectivity index (χ1n) is 9.06. The van der Waals surface area contributed by atoms with Gasteiger partial charge in [-0.05, 0) is 56.4 Å². The molecule has 1 N–H and O–H groups in total. The summed E-state index contributed by atoms with van der Waals surface area (Å²) >= 11 is 3.41. The molecule has 2 aliphatic heterocycles. The van der Waals surface area contributed by atoms with Crippen LogP contribution in [0.15, 0.2) is 34.9 Å². The number of carbonyl (C=O) groups excluding carboxylic acids is 1. The topological polar surface area (TPSA) is 50.2 Å². The van der Waals surface area contributed by atoms with Crippen molar-refractivity contribution in [3.8, 4) is 0 Å². The summed E-state index contributed by atoms with van der Waals surface area (Å²) in [7, 11) is 0. The summed E-state index contributed by atoms with van der Waals surface area (Å²) in [6, 6.07) is 7.68. The minimum Gasteiger partial charge on any atom is -0.332 e. The molecule has 0 spiro atoms. The normalized spacial score (nSPS) is 18.0. The number of halogens is 1. The van der Waals surface area contributed by atoms with Gasteiger partial charge in [0.05, 0.1) is 0 Å². The van der Waals surface area contributed by atoms with E-state index in [0.717, 1.165) is 49.1 Å².